The van der Waals surface area contributed by atoms with Crippen molar-refractivity contribution < 1.29 is 14.5 Å². The van der Waals surface area contributed by atoms with E-state index in [0.29, 0.717) is 12.2 Å². The fraction of sp³-hybridized carbons (Fsp3) is 0.176. The van der Waals surface area contributed by atoms with Gasteiger partial charge in [-0.3, -0.25) is 14.9 Å². The molecule has 1 amide bonds. The summed E-state index contributed by atoms with van der Waals surface area (Å²) in [6.45, 7) is 2.50. The molecule has 0 spiro atoms. The molecule has 0 saturated carbocycles. The Morgan fingerprint density at radius 3 is 2.80 bits per heavy atom. The van der Waals surface area contributed by atoms with E-state index >= 15 is 0 Å². The summed E-state index contributed by atoms with van der Waals surface area (Å²) in [5.74, 6) is 0.367. The molecule has 2 aromatic rings. The van der Waals surface area contributed by atoms with Crippen LogP contribution in [0.1, 0.15) is 18.1 Å². The number of rotatable bonds is 7. The molecule has 2 aromatic carbocycles. The molecule has 0 fully saturated rings. The van der Waals surface area contributed by atoms with Gasteiger partial charge < -0.3 is 4.74 Å². The quantitative estimate of drug-likeness (QED) is 0.301. The lowest BCUT2D eigenvalue weighted by molar-refractivity contribution is -0.385. The molecule has 0 atom stereocenters. The number of nitrogens with zero attached hydrogens (tertiary/aromatic N) is 2. The van der Waals surface area contributed by atoms with Gasteiger partial charge in [-0.15, -0.1) is 0 Å². The highest BCUT2D eigenvalue weighted by Gasteiger charge is 2.14. The van der Waals surface area contributed by atoms with Gasteiger partial charge in [0.25, 0.3) is 5.69 Å². The third kappa shape index (κ3) is 5.52. The molecule has 0 bridgehead atoms. The minimum absolute atomic E-state index is 0.0808. The first-order valence-electron chi connectivity index (χ1n) is 7.47. The van der Waals surface area contributed by atoms with Gasteiger partial charge in [0.2, 0.25) is 5.91 Å². The molecular weight excluding hydrogens is 437 g/mol. The predicted molar refractivity (Wildman–Crippen MR) is 103 cm³/mol. The number of carbonyl (C=O) groups excluding carboxylic acids is 1. The summed E-state index contributed by atoms with van der Waals surface area (Å²) in [4.78, 5) is 22.4. The second-order valence-corrected chi connectivity index (χ2v) is 6.14. The van der Waals surface area contributed by atoms with Gasteiger partial charge in [-0.05, 0) is 53.3 Å². The molecule has 0 saturated heterocycles. The minimum Gasteiger partial charge on any atom is -0.493 e. The molecule has 8 heteroatoms. The molecule has 1 N–H and O–H groups in total. The molecule has 0 aliphatic carbocycles. The van der Waals surface area contributed by atoms with Crippen LogP contribution in [-0.4, -0.2) is 23.7 Å². The van der Waals surface area contributed by atoms with Crippen LogP contribution in [0, 0.1) is 13.7 Å². The lowest BCUT2D eigenvalue weighted by Crippen LogP contribution is -2.20. The topological polar surface area (TPSA) is 93.8 Å². The predicted octanol–water partition coefficient (Wildman–Crippen LogP) is 3.29. The monoisotopic (exact) mass is 453 g/mol. The van der Waals surface area contributed by atoms with Crippen LogP contribution in [0.5, 0.6) is 5.75 Å². The molecule has 130 valence electrons. The average molecular weight is 453 g/mol. The molecule has 0 aliphatic heterocycles. The van der Waals surface area contributed by atoms with E-state index < -0.39 is 10.8 Å². The maximum absolute atomic E-state index is 11.9. The van der Waals surface area contributed by atoms with E-state index in [1.54, 1.807) is 18.2 Å². The summed E-state index contributed by atoms with van der Waals surface area (Å²) in [6.07, 6.45) is 1.39. The average Bonchev–Trinajstić information content (AvgIpc) is 2.57. The van der Waals surface area contributed by atoms with Gasteiger partial charge in [0.05, 0.1) is 27.7 Å². The molecule has 0 radical (unpaired) electrons. The number of ether oxygens (including phenoxy) is 1. The van der Waals surface area contributed by atoms with Crippen molar-refractivity contribution in [2.75, 3.05) is 6.61 Å². The number of hydrogen-bond donors (Lipinski definition) is 1. The van der Waals surface area contributed by atoms with Gasteiger partial charge in [-0.25, -0.2) is 5.43 Å². The summed E-state index contributed by atoms with van der Waals surface area (Å²) in [7, 11) is 0. The Labute approximate surface area is 158 Å². The van der Waals surface area contributed by atoms with Crippen molar-refractivity contribution >= 4 is 40.4 Å². The summed E-state index contributed by atoms with van der Waals surface area (Å²) in [5.41, 5.74) is 3.45. The number of nitro groups is 1. The Hall–Kier alpha value is -2.49. The number of nitro benzene ring substituents is 1. The van der Waals surface area contributed by atoms with Crippen molar-refractivity contribution in [2.45, 2.75) is 13.3 Å². The van der Waals surface area contributed by atoms with E-state index in [9.17, 15) is 14.9 Å². The zero-order valence-electron chi connectivity index (χ0n) is 13.4. The standard InChI is InChI=1S/C17H16IN3O4/c1-2-25-16-8-7-12(9-14(16)18)11-19-20-17(22)10-13-5-3-4-6-15(13)21(23)24/h3-9,11H,2,10H2,1H3,(H,20,22). The van der Waals surface area contributed by atoms with Crippen LogP contribution in [0.3, 0.4) is 0 Å². The van der Waals surface area contributed by atoms with E-state index in [1.165, 1.54) is 12.3 Å². The SMILES string of the molecule is CCOc1ccc(C=NNC(=O)Cc2ccccc2[N+](=O)[O-])cc1I. The number of halogens is 1. The Morgan fingerprint density at radius 1 is 1.36 bits per heavy atom. The highest BCUT2D eigenvalue weighted by atomic mass is 127. The largest absolute Gasteiger partial charge is 0.493 e. The Morgan fingerprint density at radius 2 is 2.12 bits per heavy atom. The maximum Gasteiger partial charge on any atom is 0.273 e. The number of para-hydroxylation sites is 1. The van der Waals surface area contributed by atoms with Crippen molar-refractivity contribution in [1.29, 1.82) is 0 Å². The zero-order valence-corrected chi connectivity index (χ0v) is 15.6. The van der Waals surface area contributed by atoms with Gasteiger partial charge in [0.1, 0.15) is 5.75 Å². The molecule has 7 nitrogen and oxygen atoms in total. The first kappa shape index (κ1) is 18.8. The van der Waals surface area contributed by atoms with Gasteiger partial charge in [0, 0.05) is 11.6 Å². The molecule has 0 unspecified atom stereocenters. The first-order chi connectivity index (χ1) is 12.0. The lowest BCUT2D eigenvalue weighted by Gasteiger charge is -2.06. The number of hydrazone groups is 1. The van der Waals surface area contributed by atoms with Gasteiger partial charge in [-0.1, -0.05) is 18.2 Å². The summed E-state index contributed by atoms with van der Waals surface area (Å²) in [6, 6.07) is 11.7. The van der Waals surface area contributed by atoms with Crippen molar-refractivity contribution in [3.05, 3.63) is 67.3 Å². The molecular formula is C17H16IN3O4. The third-order valence-corrected chi connectivity index (χ3v) is 4.04. The summed E-state index contributed by atoms with van der Waals surface area (Å²) in [5, 5.41) is 14.8. The number of hydrogen-bond acceptors (Lipinski definition) is 5. The maximum atomic E-state index is 11.9. The summed E-state index contributed by atoms with van der Waals surface area (Å²) >= 11 is 2.16. The Bertz CT molecular complexity index is 808. The smallest absolute Gasteiger partial charge is 0.273 e. The second-order valence-electron chi connectivity index (χ2n) is 4.98. The second kappa shape index (κ2) is 9.11. The van der Waals surface area contributed by atoms with E-state index in [-0.39, 0.29) is 12.1 Å². The molecule has 0 heterocycles. The zero-order chi connectivity index (χ0) is 18.2. The van der Waals surface area contributed by atoms with E-state index in [1.807, 2.05) is 25.1 Å². The first-order valence-corrected chi connectivity index (χ1v) is 8.55. The highest BCUT2D eigenvalue weighted by molar-refractivity contribution is 14.1. The van der Waals surface area contributed by atoms with Crippen molar-refractivity contribution in [2.24, 2.45) is 5.10 Å². The van der Waals surface area contributed by atoms with Crippen molar-refractivity contribution in [1.82, 2.24) is 5.43 Å². The van der Waals surface area contributed by atoms with E-state index in [2.05, 4.69) is 33.1 Å². The van der Waals surface area contributed by atoms with E-state index in [4.69, 9.17) is 4.74 Å². The Balaban J connectivity index is 1.97. The molecule has 0 aliphatic rings. The lowest BCUT2D eigenvalue weighted by atomic mass is 10.1. The molecule has 25 heavy (non-hydrogen) atoms. The molecule has 2 rings (SSSR count). The van der Waals surface area contributed by atoms with Crippen LogP contribution < -0.4 is 10.2 Å². The summed E-state index contributed by atoms with van der Waals surface area (Å²) < 4.78 is 6.39. The van der Waals surface area contributed by atoms with Crippen LogP contribution in [0.2, 0.25) is 0 Å². The fourth-order valence-electron chi connectivity index (χ4n) is 2.10. The third-order valence-electron chi connectivity index (χ3n) is 3.20. The van der Waals surface area contributed by atoms with Crippen LogP contribution in [0.25, 0.3) is 0 Å². The van der Waals surface area contributed by atoms with Crippen LogP contribution in [-0.2, 0) is 11.2 Å². The van der Waals surface area contributed by atoms with Gasteiger partial charge >= 0.3 is 0 Å². The van der Waals surface area contributed by atoms with Gasteiger partial charge in [0.15, 0.2) is 0 Å². The van der Waals surface area contributed by atoms with Crippen LogP contribution >= 0.6 is 22.6 Å². The van der Waals surface area contributed by atoms with Gasteiger partial charge in [-0.2, -0.15) is 5.10 Å². The highest BCUT2D eigenvalue weighted by Crippen LogP contribution is 2.21. The Kier molecular flexibility index (Phi) is 6.87. The number of amides is 1. The van der Waals surface area contributed by atoms with Crippen molar-refractivity contribution in [3.63, 3.8) is 0 Å². The minimum atomic E-state index is -0.506. The van der Waals surface area contributed by atoms with Crippen LogP contribution in [0.4, 0.5) is 5.69 Å². The number of nitrogens with one attached hydrogen (secondary N) is 1. The molecule has 0 aromatic heterocycles. The number of carbonyl (C=O) groups is 1. The fourth-order valence-corrected chi connectivity index (χ4v) is 2.79. The number of benzene rings is 2. The van der Waals surface area contributed by atoms with Crippen LogP contribution in [0.15, 0.2) is 47.6 Å². The van der Waals surface area contributed by atoms with E-state index in [0.717, 1.165) is 14.9 Å². The normalized spacial score (nSPS) is 10.6. The van der Waals surface area contributed by atoms with Crippen molar-refractivity contribution in [3.8, 4) is 5.75 Å².